The van der Waals surface area contributed by atoms with Crippen LogP contribution < -0.4 is 16.5 Å². The quantitative estimate of drug-likeness (QED) is 0.114. The van der Waals surface area contributed by atoms with Crippen LogP contribution in [0.25, 0.3) is 44.3 Å². The van der Waals surface area contributed by atoms with E-state index in [1.54, 1.807) is 36.4 Å². The molecule has 0 unspecified atom stereocenters. The lowest BCUT2D eigenvalue weighted by molar-refractivity contribution is 0.0697. The van der Waals surface area contributed by atoms with E-state index in [0.717, 1.165) is 5.39 Å². The van der Waals surface area contributed by atoms with E-state index in [1.807, 2.05) is 24.3 Å². The number of rotatable bonds is 6. The van der Waals surface area contributed by atoms with Crippen molar-refractivity contribution in [1.82, 2.24) is 4.98 Å². The van der Waals surface area contributed by atoms with Crippen LogP contribution in [0.3, 0.4) is 0 Å². The van der Waals surface area contributed by atoms with Gasteiger partial charge in [-0.2, -0.15) is 0 Å². The fraction of sp³-hybridized carbons (Fsp3) is 0.0625. The van der Waals surface area contributed by atoms with Crippen LogP contribution >= 0.6 is 11.6 Å². The molecule has 0 radical (unpaired) electrons. The molecule has 8 nitrogen and oxygen atoms in total. The third kappa shape index (κ3) is 4.54. The number of hydrogen-bond donors (Lipinski definition) is 3. The Kier molecular flexibility index (Phi) is 6.40. The number of pyridine rings is 1. The Morgan fingerprint density at radius 2 is 1.80 bits per heavy atom. The van der Waals surface area contributed by atoms with Gasteiger partial charge >= 0.3 is 5.97 Å². The summed E-state index contributed by atoms with van der Waals surface area (Å²) >= 11 is 6.23. The Labute approximate surface area is 238 Å². The minimum absolute atomic E-state index is 0.00757. The zero-order chi connectivity index (χ0) is 28.8. The molecule has 1 aliphatic carbocycles. The molecule has 1 aromatic heterocycles. The molecule has 0 atom stereocenters. The van der Waals surface area contributed by atoms with Crippen LogP contribution in [0.15, 0.2) is 88.1 Å². The van der Waals surface area contributed by atoms with Crippen molar-refractivity contribution in [3.05, 3.63) is 111 Å². The van der Waals surface area contributed by atoms with Crippen molar-refractivity contribution >= 4 is 56.6 Å². The second-order valence-corrected chi connectivity index (χ2v) is 10.0. The molecule has 2 aliphatic rings. The van der Waals surface area contributed by atoms with Gasteiger partial charge in [0.25, 0.3) is 0 Å². The number of nitrogens with one attached hydrogen (secondary N) is 1. The normalized spacial score (nSPS) is 11.3. The molecule has 202 valence electrons. The predicted molar refractivity (Wildman–Crippen MR) is 160 cm³/mol. The Hall–Kier alpha value is -5.21. The minimum atomic E-state index is -1.10. The number of aromatic nitrogens is 1. The predicted octanol–water partition coefficient (Wildman–Crippen LogP) is 6.86. The number of nitrogens with two attached hydrogens (primary N) is 1. The van der Waals surface area contributed by atoms with Crippen LogP contribution in [-0.4, -0.2) is 21.8 Å². The molecular weight excluding hydrogens is 542 g/mol. The van der Waals surface area contributed by atoms with E-state index in [-0.39, 0.29) is 28.7 Å². The van der Waals surface area contributed by atoms with E-state index in [9.17, 15) is 19.5 Å². The number of aromatic carboxylic acids is 1. The first kappa shape index (κ1) is 26.0. The van der Waals surface area contributed by atoms with Gasteiger partial charge in [0.05, 0.1) is 21.8 Å². The average Bonchev–Trinajstić information content (AvgIpc) is 2.96. The summed E-state index contributed by atoms with van der Waals surface area (Å²) in [5.41, 5.74) is 10.7. The summed E-state index contributed by atoms with van der Waals surface area (Å²) in [4.78, 5) is 41.2. The lowest BCUT2D eigenvalue weighted by Gasteiger charge is -2.20. The third-order valence-electron chi connectivity index (χ3n) is 7.04. The number of carbonyl (C=O) groups is 2. The van der Waals surface area contributed by atoms with Crippen molar-refractivity contribution in [3.8, 4) is 22.5 Å². The van der Waals surface area contributed by atoms with E-state index in [1.165, 1.54) is 25.1 Å². The lowest BCUT2D eigenvalue weighted by Crippen LogP contribution is -2.08. The highest BCUT2D eigenvalue weighted by molar-refractivity contribution is 6.31. The number of benzene rings is 4. The number of nitrogen functional groups attached to an aromatic ring is 1. The molecule has 0 saturated heterocycles. The van der Waals surface area contributed by atoms with E-state index < -0.39 is 11.4 Å². The maximum atomic E-state index is 12.5. The van der Waals surface area contributed by atoms with Gasteiger partial charge in [0.1, 0.15) is 17.0 Å². The van der Waals surface area contributed by atoms with Gasteiger partial charge in [-0.3, -0.25) is 9.59 Å². The van der Waals surface area contributed by atoms with E-state index in [4.69, 9.17) is 21.8 Å². The van der Waals surface area contributed by atoms with Crippen molar-refractivity contribution in [1.29, 1.82) is 0 Å². The number of carbonyl (C=O) groups excluding carboxylic acids is 1. The number of ketones is 1. The van der Waals surface area contributed by atoms with Gasteiger partial charge in [-0.05, 0) is 42.0 Å². The fourth-order valence-electron chi connectivity index (χ4n) is 5.06. The summed E-state index contributed by atoms with van der Waals surface area (Å²) in [7, 11) is 0. The largest absolute Gasteiger partial charge is 0.478 e. The van der Waals surface area contributed by atoms with Crippen LogP contribution in [0.2, 0.25) is 5.02 Å². The second kappa shape index (κ2) is 10.1. The molecule has 0 fully saturated rings. The van der Waals surface area contributed by atoms with Gasteiger partial charge < -0.3 is 20.6 Å². The molecule has 3 aromatic carbocycles. The Bertz CT molecular complexity index is 2070. The topological polar surface area (TPSA) is 136 Å². The van der Waals surface area contributed by atoms with Gasteiger partial charge in [-0.25, -0.2) is 9.78 Å². The zero-order valence-electron chi connectivity index (χ0n) is 21.7. The number of halogens is 1. The molecule has 0 bridgehead atoms. The molecule has 0 amide bonds. The van der Waals surface area contributed by atoms with Crippen LogP contribution in [0.4, 0.5) is 11.4 Å². The van der Waals surface area contributed by atoms with Crippen molar-refractivity contribution < 1.29 is 19.1 Å². The number of hydrogen-bond acceptors (Lipinski definition) is 7. The number of para-hydroxylation sites is 1. The summed E-state index contributed by atoms with van der Waals surface area (Å²) in [5, 5.41) is 14.8. The van der Waals surface area contributed by atoms with Crippen LogP contribution in [0.5, 0.6) is 0 Å². The molecule has 6 rings (SSSR count). The zero-order valence-corrected chi connectivity index (χ0v) is 22.5. The highest BCUT2D eigenvalue weighted by Gasteiger charge is 2.24. The summed E-state index contributed by atoms with van der Waals surface area (Å²) in [6.45, 7) is 1.68. The van der Waals surface area contributed by atoms with Crippen LogP contribution in [-0.2, 0) is 6.54 Å². The van der Waals surface area contributed by atoms with Gasteiger partial charge in [-0.15, -0.1) is 0 Å². The molecule has 9 heteroatoms. The summed E-state index contributed by atoms with van der Waals surface area (Å²) < 4.78 is 6.30. The average molecular weight is 564 g/mol. The SMILES string of the molecule is CC(=O)c1ccc2cccc(NCc3c(N)ccc4c(-c5ccccc5C(=O)O)c5cc(Cl)c(=O)cc-5oc34)c2n1. The lowest BCUT2D eigenvalue weighted by atomic mass is 9.90. The summed E-state index contributed by atoms with van der Waals surface area (Å²) in [6, 6.07) is 22.1. The summed E-state index contributed by atoms with van der Waals surface area (Å²) in [6.07, 6.45) is 0. The first-order chi connectivity index (χ1) is 19.7. The van der Waals surface area contributed by atoms with Crippen molar-refractivity contribution in [3.63, 3.8) is 0 Å². The van der Waals surface area contributed by atoms with Gasteiger partial charge in [0, 0.05) is 52.7 Å². The van der Waals surface area contributed by atoms with Crippen LogP contribution in [0, 0.1) is 0 Å². The van der Waals surface area contributed by atoms with E-state index >= 15 is 0 Å². The minimum Gasteiger partial charge on any atom is -0.478 e. The Morgan fingerprint density at radius 3 is 2.59 bits per heavy atom. The number of fused-ring (bicyclic) bond motifs is 3. The maximum absolute atomic E-state index is 12.5. The first-order valence-corrected chi connectivity index (χ1v) is 13.1. The van der Waals surface area contributed by atoms with Crippen molar-refractivity contribution in [2.45, 2.75) is 13.5 Å². The smallest absolute Gasteiger partial charge is 0.336 e. The third-order valence-corrected chi connectivity index (χ3v) is 7.34. The summed E-state index contributed by atoms with van der Waals surface area (Å²) in [5.74, 6) is -0.996. The fourth-order valence-corrected chi connectivity index (χ4v) is 5.22. The molecular formula is C32H22ClN3O5. The number of Topliss-reactive ketones (excluding diaryl/α,β-unsaturated/α-hetero) is 1. The molecule has 2 heterocycles. The van der Waals surface area contributed by atoms with Gasteiger partial charge in [0.15, 0.2) is 5.78 Å². The first-order valence-electron chi connectivity index (χ1n) is 12.7. The molecule has 1 aliphatic heterocycles. The van der Waals surface area contributed by atoms with Gasteiger partial charge in [-0.1, -0.05) is 48.0 Å². The Morgan fingerprint density at radius 1 is 1.00 bits per heavy atom. The standard InChI is InChI=1S/C32H22ClN3O5/c1-16(37)25-12-9-17-5-4-8-26(30(17)36-25)35-15-22-24(34)11-10-20-29(18-6-2-3-7-19(18)32(39)40)21-13-23(33)27(38)14-28(21)41-31(20)22/h2-14,35H,15,34H2,1H3,(H,39,40). The highest BCUT2D eigenvalue weighted by Crippen LogP contribution is 2.44. The molecule has 4 aromatic rings. The molecule has 0 spiro atoms. The maximum Gasteiger partial charge on any atom is 0.336 e. The van der Waals surface area contributed by atoms with Crippen LogP contribution in [0.1, 0.15) is 33.3 Å². The number of anilines is 2. The number of nitrogens with zero attached hydrogens (tertiary/aromatic N) is 1. The molecule has 41 heavy (non-hydrogen) atoms. The van der Waals surface area contributed by atoms with Gasteiger partial charge in [0.2, 0.25) is 5.43 Å². The monoisotopic (exact) mass is 563 g/mol. The molecule has 4 N–H and O–H groups in total. The van der Waals surface area contributed by atoms with Crippen molar-refractivity contribution in [2.24, 2.45) is 0 Å². The van der Waals surface area contributed by atoms with Crippen molar-refractivity contribution in [2.75, 3.05) is 11.1 Å². The molecule has 0 saturated carbocycles. The Balaban J connectivity index is 1.58. The highest BCUT2D eigenvalue weighted by atomic mass is 35.5. The van der Waals surface area contributed by atoms with E-state index in [2.05, 4.69) is 10.3 Å². The number of carboxylic acid groups (broad SMARTS) is 1. The second-order valence-electron chi connectivity index (χ2n) is 9.60. The number of carboxylic acids is 1. The van der Waals surface area contributed by atoms with E-state index in [0.29, 0.717) is 55.8 Å².